The Hall–Kier alpha value is -2.41. The van der Waals surface area contributed by atoms with Crippen LogP contribution in [0, 0.1) is 0 Å². The molecule has 1 aliphatic heterocycles. The second kappa shape index (κ2) is 11.4. The van der Waals surface area contributed by atoms with Crippen molar-refractivity contribution in [3.8, 4) is 0 Å². The zero-order valence-electron chi connectivity index (χ0n) is 17.1. The number of hydrogen-bond donors (Lipinski definition) is 3. The Bertz CT molecular complexity index is 652. The minimum Gasteiger partial charge on any atom is -0.329 e. The van der Waals surface area contributed by atoms with Crippen LogP contribution in [-0.4, -0.2) is 55.3 Å². The SMILES string of the molecule is CCN(CC(=O)Nc1ccc(NC(C)=O)cc1)C(=O)C[NH+]1CCCCCCC1. The van der Waals surface area contributed by atoms with Gasteiger partial charge in [0.25, 0.3) is 5.91 Å². The Morgan fingerprint density at radius 1 is 0.929 bits per heavy atom. The van der Waals surface area contributed by atoms with Gasteiger partial charge in [0, 0.05) is 24.8 Å². The van der Waals surface area contributed by atoms with Crippen LogP contribution in [0.3, 0.4) is 0 Å². The van der Waals surface area contributed by atoms with Gasteiger partial charge in [-0.25, -0.2) is 0 Å². The molecule has 0 atom stereocenters. The summed E-state index contributed by atoms with van der Waals surface area (Å²) < 4.78 is 0. The standard InChI is InChI=1S/C21H32N4O3/c1-3-25(21(28)16-24-13-7-5-4-6-8-14-24)15-20(27)23-19-11-9-18(10-12-19)22-17(2)26/h9-12H,3-8,13-16H2,1-2H3,(H,22,26)(H,23,27)/p+1. The van der Waals surface area contributed by atoms with Crippen molar-refractivity contribution < 1.29 is 19.3 Å². The number of likely N-dealkylation sites (tertiary alicyclic amines) is 1. The van der Waals surface area contributed by atoms with E-state index in [2.05, 4.69) is 10.6 Å². The first-order valence-electron chi connectivity index (χ1n) is 10.3. The van der Waals surface area contributed by atoms with E-state index < -0.39 is 0 Å². The highest BCUT2D eigenvalue weighted by molar-refractivity contribution is 5.95. The fraction of sp³-hybridized carbons (Fsp3) is 0.571. The second-order valence-corrected chi connectivity index (χ2v) is 7.41. The maximum atomic E-state index is 12.7. The average Bonchev–Trinajstić information content (AvgIpc) is 2.63. The lowest BCUT2D eigenvalue weighted by molar-refractivity contribution is -0.893. The first kappa shape index (κ1) is 21.9. The molecule has 0 saturated carbocycles. The zero-order valence-corrected chi connectivity index (χ0v) is 17.1. The average molecular weight is 390 g/mol. The van der Waals surface area contributed by atoms with Gasteiger partial charge in [0.1, 0.15) is 6.54 Å². The molecule has 0 bridgehead atoms. The van der Waals surface area contributed by atoms with Crippen molar-refractivity contribution in [2.75, 3.05) is 43.4 Å². The van der Waals surface area contributed by atoms with Crippen LogP contribution in [0.2, 0.25) is 0 Å². The lowest BCUT2D eigenvalue weighted by Gasteiger charge is -2.25. The first-order valence-corrected chi connectivity index (χ1v) is 10.3. The number of nitrogens with zero attached hydrogens (tertiary/aromatic N) is 1. The van der Waals surface area contributed by atoms with E-state index >= 15 is 0 Å². The highest BCUT2D eigenvalue weighted by Gasteiger charge is 2.21. The van der Waals surface area contributed by atoms with Crippen molar-refractivity contribution in [1.29, 1.82) is 0 Å². The minimum absolute atomic E-state index is 0.0363. The third-order valence-corrected chi connectivity index (χ3v) is 5.02. The van der Waals surface area contributed by atoms with Gasteiger partial charge in [-0.15, -0.1) is 0 Å². The van der Waals surface area contributed by atoms with Crippen LogP contribution < -0.4 is 15.5 Å². The molecule has 2 rings (SSSR count). The number of rotatable bonds is 7. The van der Waals surface area contributed by atoms with Crippen LogP contribution in [0.4, 0.5) is 11.4 Å². The molecule has 1 aromatic rings. The Labute approximate surface area is 167 Å². The van der Waals surface area contributed by atoms with E-state index in [1.807, 2.05) is 6.92 Å². The molecular weight excluding hydrogens is 356 g/mol. The molecule has 0 aromatic heterocycles. The van der Waals surface area contributed by atoms with Gasteiger partial charge in [0.15, 0.2) is 6.54 Å². The summed E-state index contributed by atoms with van der Waals surface area (Å²) in [7, 11) is 0. The first-order chi connectivity index (χ1) is 13.5. The van der Waals surface area contributed by atoms with Crippen molar-refractivity contribution in [2.24, 2.45) is 0 Å². The number of quaternary nitrogens is 1. The van der Waals surface area contributed by atoms with E-state index in [0.29, 0.717) is 24.5 Å². The smallest absolute Gasteiger partial charge is 0.278 e. The predicted molar refractivity (Wildman–Crippen MR) is 110 cm³/mol. The molecule has 1 heterocycles. The van der Waals surface area contributed by atoms with Gasteiger partial charge in [-0.2, -0.15) is 0 Å². The number of likely N-dealkylation sites (N-methyl/N-ethyl adjacent to an activating group) is 1. The summed E-state index contributed by atoms with van der Waals surface area (Å²) in [4.78, 5) is 39.0. The van der Waals surface area contributed by atoms with Gasteiger partial charge in [-0.1, -0.05) is 6.42 Å². The second-order valence-electron chi connectivity index (χ2n) is 7.41. The molecule has 7 heteroatoms. The van der Waals surface area contributed by atoms with E-state index in [0.717, 1.165) is 13.1 Å². The normalized spacial score (nSPS) is 15.2. The minimum atomic E-state index is -0.217. The summed E-state index contributed by atoms with van der Waals surface area (Å²) in [5, 5.41) is 5.49. The molecule has 7 nitrogen and oxygen atoms in total. The molecule has 3 N–H and O–H groups in total. The third-order valence-electron chi connectivity index (χ3n) is 5.02. The van der Waals surface area contributed by atoms with Crippen molar-refractivity contribution in [2.45, 2.75) is 46.0 Å². The Balaban J connectivity index is 1.83. The van der Waals surface area contributed by atoms with Crippen LogP contribution in [0.25, 0.3) is 0 Å². The summed E-state index contributed by atoms with van der Waals surface area (Å²) in [6.45, 7) is 6.45. The van der Waals surface area contributed by atoms with Gasteiger partial charge in [0.05, 0.1) is 13.1 Å². The fourth-order valence-electron chi connectivity index (χ4n) is 3.50. The molecule has 1 aromatic carbocycles. The highest BCUT2D eigenvalue weighted by atomic mass is 16.2. The Kier molecular flexibility index (Phi) is 8.94. The largest absolute Gasteiger partial charge is 0.329 e. The van der Waals surface area contributed by atoms with Gasteiger partial charge in [-0.3, -0.25) is 14.4 Å². The Morgan fingerprint density at radius 3 is 2.00 bits per heavy atom. The van der Waals surface area contributed by atoms with Crippen LogP contribution >= 0.6 is 0 Å². The van der Waals surface area contributed by atoms with E-state index in [9.17, 15) is 14.4 Å². The topological polar surface area (TPSA) is 83.0 Å². The summed E-state index contributed by atoms with van der Waals surface area (Å²) in [5.74, 6) is -0.324. The van der Waals surface area contributed by atoms with E-state index in [1.54, 1.807) is 29.2 Å². The summed E-state index contributed by atoms with van der Waals surface area (Å²) in [6, 6.07) is 6.91. The highest BCUT2D eigenvalue weighted by Crippen LogP contribution is 2.13. The lowest BCUT2D eigenvalue weighted by Crippen LogP contribution is -3.13. The molecule has 0 unspecified atom stereocenters. The maximum Gasteiger partial charge on any atom is 0.278 e. The number of nitrogens with one attached hydrogen (secondary N) is 3. The van der Waals surface area contributed by atoms with Gasteiger partial charge in [0.2, 0.25) is 11.8 Å². The number of anilines is 2. The monoisotopic (exact) mass is 389 g/mol. The van der Waals surface area contributed by atoms with Crippen LogP contribution in [0.15, 0.2) is 24.3 Å². The summed E-state index contributed by atoms with van der Waals surface area (Å²) >= 11 is 0. The molecule has 1 saturated heterocycles. The molecular formula is C21H33N4O3+. The van der Waals surface area contributed by atoms with Crippen LogP contribution in [-0.2, 0) is 14.4 Å². The molecule has 3 amide bonds. The van der Waals surface area contributed by atoms with E-state index in [4.69, 9.17) is 0 Å². The lowest BCUT2D eigenvalue weighted by atomic mass is 10.1. The zero-order chi connectivity index (χ0) is 20.4. The quantitative estimate of drug-likeness (QED) is 0.657. The number of carbonyl (C=O) groups excluding carboxylic acids is 3. The molecule has 0 aliphatic carbocycles. The number of hydrogen-bond acceptors (Lipinski definition) is 3. The molecule has 28 heavy (non-hydrogen) atoms. The predicted octanol–water partition coefficient (Wildman–Crippen LogP) is 1.28. The molecule has 0 spiro atoms. The maximum absolute atomic E-state index is 12.7. The summed E-state index contributed by atoms with van der Waals surface area (Å²) in [5.41, 5.74) is 1.31. The number of benzene rings is 1. The Morgan fingerprint density at radius 2 is 1.46 bits per heavy atom. The molecule has 1 fully saturated rings. The fourth-order valence-corrected chi connectivity index (χ4v) is 3.50. The van der Waals surface area contributed by atoms with Crippen molar-refractivity contribution in [1.82, 2.24) is 4.90 Å². The van der Waals surface area contributed by atoms with E-state index in [1.165, 1.54) is 43.9 Å². The molecule has 0 radical (unpaired) electrons. The van der Waals surface area contributed by atoms with Gasteiger partial charge in [-0.05, 0) is 56.9 Å². The summed E-state index contributed by atoms with van der Waals surface area (Å²) in [6.07, 6.45) is 6.14. The van der Waals surface area contributed by atoms with Crippen molar-refractivity contribution in [3.05, 3.63) is 24.3 Å². The molecule has 1 aliphatic rings. The number of carbonyl (C=O) groups is 3. The number of amides is 3. The van der Waals surface area contributed by atoms with E-state index in [-0.39, 0.29) is 24.3 Å². The van der Waals surface area contributed by atoms with Crippen molar-refractivity contribution >= 4 is 29.1 Å². The van der Waals surface area contributed by atoms with Crippen LogP contribution in [0.1, 0.15) is 46.0 Å². The van der Waals surface area contributed by atoms with Crippen molar-refractivity contribution in [3.63, 3.8) is 0 Å². The third kappa shape index (κ3) is 7.68. The van der Waals surface area contributed by atoms with Gasteiger partial charge >= 0.3 is 0 Å². The van der Waals surface area contributed by atoms with Crippen LogP contribution in [0.5, 0.6) is 0 Å². The van der Waals surface area contributed by atoms with Gasteiger partial charge < -0.3 is 20.4 Å². The molecule has 154 valence electrons.